The molecule has 1 aromatic rings. The molecule has 2 rings (SSSR count). The number of hydrogen-bond acceptors (Lipinski definition) is 2. The Balaban J connectivity index is 2.47. The molecule has 1 unspecified atom stereocenters. The van der Waals surface area contributed by atoms with Crippen molar-refractivity contribution in [1.82, 2.24) is 0 Å². The Labute approximate surface area is 104 Å². The lowest BCUT2D eigenvalue weighted by atomic mass is 9.94. The van der Waals surface area contributed by atoms with Crippen LogP contribution in [0, 0.1) is 0 Å². The van der Waals surface area contributed by atoms with Gasteiger partial charge in [-0.15, -0.1) is 0 Å². The van der Waals surface area contributed by atoms with E-state index in [1.54, 1.807) is 19.1 Å². The molecule has 0 radical (unpaired) electrons. The summed E-state index contributed by atoms with van der Waals surface area (Å²) in [5.41, 5.74) is 4.63. The second kappa shape index (κ2) is 4.10. The Bertz CT molecular complexity index is 439. The largest absolute Gasteiger partial charge is 0.494 e. The number of hydrogen-bond donors (Lipinski definition) is 1. The van der Waals surface area contributed by atoms with E-state index in [0.29, 0.717) is 22.9 Å². The average molecular weight is 262 g/mol. The summed E-state index contributed by atoms with van der Waals surface area (Å²) >= 11 is 5.86. The molecule has 1 aliphatic carbocycles. The van der Waals surface area contributed by atoms with Crippen LogP contribution in [0.25, 0.3) is 0 Å². The Kier molecular flexibility index (Phi) is 3.04. The molecule has 2 nitrogen and oxygen atoms in total. The van der Waals surface area contributed by atoms with E-state index in [1.807, 2.05) is 0 Å². The van der Waals surface area contributed by atoms with Crippen molar-refractivity contribution in [2.45, 2.75) is 24.7 Å². The smallest absolute Gasteiger partial charge is 0.260 e. The van der Waals surface area contributed by atoms with E-state index >= 15 is 0 Å². The average Bonchev–Trinajstić information content (AvgIpc) is 2.85. The van der Waals surface area contributed by atoms with Crippen LogP contribution in [0.2, 0.25) is 5.02 Å². The molecule has 5 heteroatoms. The predicted molar refractivity (Wildman–Crippen MR) is 62.9 cm³/mol. The van der Waals surface area contributed by atoms with Crippen LogP contribution in [0.15, 0.2) is 18.2 Å². The van der Waals surface area contributed by atoms with Crippen molar-refractivity contribution in [1.29, 1.82) is 0 Å². The topological polar surface area (TPSA) is 35.2 Å². The zero-order valence-electron chi connectivity index (χ0n) is 9.47. The maximum absolute atomic E-state index is 13.5. The van der Waals surface area contributed by atoms with Crippen molar-refractivity contribution in [3.05, 3.63) is 28.8 Å². The fourth-order valence-corrected chi connectivity index (χ4v) is 2.29. The normalized spacial score (nSPS) is 25.7. The fraction of sp³-hybridized carbons (Fsp3) is 0.500. The standard InChI is InChI=1S/C12H14ClF2NO/c1-2-17-10-4-3-8(13)5-9(10)11(7-16)6-12(11,14)15/h3-5H,2,6-7,16H2,1H3. The summed E-state index contributed by atoms with van der Waals surface area (Å²) in [4.78, 5) is 0. The van der Waals surface area contributed by atoms with Crippen molar-refractivity contribution in [3.8, 4) is 5.75 Å². The highest BCUT2D eigenvalue weighted by atomic mass is 35.5. The Hall–Kier alpha value is -0.870. The molecule has 1 fully saturated rings. The minimum absolute atomic E-state index is 0.111. The first-order chi connectivity index (χ1) is 7.97. The van der Waals surface area contributed by atoms with Crippen LogP contribution in [0.3, 0.4) is 0 Å². The molecule has 17 heavy (non-hydrogen) atoms. The van der Waals surface area contributed by atoms with Crippen molar-refractivity contribution >= 4 is 11.6 Å². The Morgan fingerprint density at radius 1 is 1.47 bits per heavy atom. The molecule has 0 heterocycles. The van der Waals surface area contributed by atoms with Gasteiger partial charge in [0, 0.05) is 23.6 Å². The maximum Gasteiger partial charge on any atom is 0.260 e. The van der Waals surface area contributed by atoms with Gasteiger partial charge in [-0.05, 0) is 25.1 Å². The highest BCUT2D eigenvalue weighted by Crippen LogP contribution is 2.62. The Morgan fingerprint density at radius 2 is 2.12 bits per heavy atom. The number of ether oxygens (including phenoxy) is 1. The second-order valence-corrected chi connectivity index (χ2v) is 4.68. The minimum atomic E-state index is -2.77. The van der Waals surface area contributed by atoms with Crippen LogP contribution in [0.1, 0.15) is 18.9 Å². The molecule has 1 saturated carbocycles. The third kappa shape index (κ3) is 1.89. The first-order valence-electron chi connectivity index (χ1n) is 5.47. The van der Waals surface area contributed by atoms with Gasteiger partial charge in [-0.1, -0.05) is 11.6 Å². The Morgan fingerprint density at radius 3 is 2.59 bits per heavy atom. The van der Waals surface area contributed by atoms with Gasteiger partial charge in [0.25, 0.3) is 5.92 Å². The minimum Gasteiger partial charge on any atom is -0.494 e. The molecule has 1 atom stereocenters. The number of rotatable bonds is 4. The summed E-state index contributed by atoms with van der Waals surface area (Å²) < 4.78 is 32.4. The SMILES string of the molecule is CCOc1ccc(Cl)cc1C1(CN)CC1(F)F. The highest BCUT2D eigenvalue weighted by molar-refractivity contribution is 6.30. The predicted octanol–water partition coefficient (Wildman–Crippen LogP) is 2.97. The van der Waals surface area contributed by atoms with Gasteiger partial charge in [-0.3, -0.25) is 0 Å². The third-order valence-electron chi connectivity index (χ3n) is 3.20. The molecule has 1 aliphatic rings. The number of halogens is 3. The van der Waals surface area contributed by atoms with Crippen LogP contribution >= 0.6 is 11.6 Å². The molecular formula is C12H14ClF2NO. The van der Waals surface area contributed by atoms with Crippen LogP contribution in [0.5, 0.6) is 5.75 Å². The van der Waals surface area contributed by atoms with Gasteiger partial charge >= 0.3 is 0 Å². The van der Waals surface area contributed by atoms with Gasteiger partial charge in [0.1, 0.15) is 5.75 Å². The van der Waals surface area contributed by atoms with Crippen molar-refractivity contribution in [2.75, 3.05) is 13.2 Å². The summed E-state index contributed by atoms with van der Waals surface area (Å²) in [6.07, 6.45) is -0.239. The second-order valence-electron chi connectivity index (χ2n) is 4.24. The summed E-state index contributed by atoms with van der Waals surface area (Å²) in [6.45, 7) is 2.11. The molecule has 0 bridgehead atoms. The van der Waals surface area contributed by atoms with E-state index in [1.165, 1.54) is 6.07 Å². The van der Waals surface area contributed by atoms with Crippen LogP contribution in [-0.4, -0.2) is 19.1 Å². The van der Waals surface area contributed by atoms with Gasteiger partial charge in [0.05, 0.1) is 12.0 Å². The summed E-state index contributed by atoms with van der Waals surface area (Å²) in [5, 5.41) is 0.416. The van der Waals surface area contributed by atoms with Crippen LogP contribution in [-0.2, 0) is 5.41 Å². The van der Waals surface area contributed by atoms with Crippen molar-refractivity contribution in [2.24, 2.45) is 5.73 Å². The maximum atomic E-state index is 13.5. The molecule has 0 amide bonds. The lowest BCUT2D eigenvalue weighted by molar-refractivity contribution is 0.0887. The first kappa shape index (κ1) is 12.6. The van der Waals surface area contributed by atoms with E-state index in [-0.39, 0.29) is 13.0 Å². The molecule has 0 saturated heterocycles. The molecule has 0 aromatic heterocycles. The van der Waals surface area contributed by atoms with Crippen molar-refractivity contribution < 1.29 is 13.5 Å². The first-order valence-corrected chi connectivity index (χ1v) is 5.85. The van der Waals surface area contributed by atoms with Gasteiger partial charge in [-0.2, -0.15) is 0 Å². The zero-order chi connectivity index (χ0) is 12.7. The highest BCUT2D eigenvalue weighted by Gasteiger charge is 2.72. The third-order valence-corrected chi connectivity index (χ3v) is 3.44. The zero-order valence-corrected chi connectivity index (χ0v) is 10.2. The van der Waals surface area contributed by atoms with E-state index in [4.69, 9.17) is 22.1 Å². The van der Waals surface area contributed by atoms with E-state index < -0.39 is 11.3 Å². The van der Waals surface area contributed by atoms with Crippen LogP contribution in [0.4, 0.5) is 8.78 Å². The number of nitrogens with two attached hydrogens (primary N) is 1. The van der Waals surface area contributed by atoms with E-state index in [0.717, 1.165) is 0 Å². The van der Waals surface area contributed by atoms with E-state index in [2.05, 4.69) is 0 Å². The molecule has 1 aromatic carbocycles. The monoisotopic (exact) mass is 261 g/mol. The summed E-state index contributed by atoms with van der Waals surface area (Å²) in [7, 11) is 0. The molecule has 0 aliphatic heterocycles. The fourth-order valence-electron chi connectivity index (χ4n) is 2.12. The van der Waals surface area contributed by atoms with Crippen LogP contribution < -0.4 is 10.5 Å². The van der Waals surface area contributed by atoms with Gasteiger partial charge in [0.15, 0.2) is 0 Å². The van der Waals surface area contributed by atoms with Gasteiger partial charge in [0.2, 0.25) is 0 Å². The molecule has 94 valence electrons. The van der Waals surface area contributed by atoms with Gasteiger partial charge in [-0.25, -0.2) is 8.78 Å². The molecule has 2 N–H and O–H groups in total. The summed E-state index contributed by atoms with van der Waals surface area (Å²) in [6, 6.07) is 4.77. The molecular weight excluding hydrogens is 248 g/mol. The lowest BCUT2D eigenvalue weighted by Gasteiger charge is -2.19. The van der Waals surface area contributed by atoms with Crippen molar-refractivity contribution in [3.63, 3.8) is 0 Å². The van der Waals surface area contributed by atoms with Gasteiger partial charge < -0.3 is 10.5 Å². The number of alkyl halides is 2. The number of benzene rings is 1. The molecule has 0 spiro atoms. The summed E-state index contributed by atoms with van der Waals surface area (Å²) in [5.74, 6) is -2.32. The lowest BCUT2D eigenvalue weighted by Crippen LogP contribution is -2.27. The van der Waals surface area contributed by atoms with E-state index in [9.17, 15) is 8.78 Å². The quantitative estimate of drug-likeness (QED) is 0.904.